The number of rotatable bonds is 5. The Morgan fingerprint density at radius 1 is 1.03 bits per heavy atom. The van der Waals surface area contributed by atoms with Crippen molar-refractivity contribution in [2.45, 2.75) is 13.0 Å². The monoisotopic (exact) mass is 441 g/mol. The molecule has 32 heavy (non-hydrogen) atoms. The highest BCUT2D eigenvalue weighted by Crippen LogP contribution is 2.34. The highest BCUT2D eigenvalue weighted by Gasteiger charge is 2.10. The number of aryl methyl sites for hydroxylation is 2. The molecule has 5 aromatic rings. The van der Waals surface area contributed by atoms with Crippen molar-refractivity contribution < 1.29 is 10.0 Å². The summed E-state index contributed by atoms with van der Waals surface area (Å²) in [5.74, 6) is -0.667. The van der Waals surface area contributed by atoms with Crippen LogP contribution in [0.3, 0.4) is 0 Å². The third-order valence-corrected chi connectivity index (χ3v) is 6.51. The summed E-state index contributed by atoms with van der Waals surface area (Å²) in [6.07, 6.45) is 2.20. The van der Waals surface area contributed by atoms with Gasteiger partial charge in [0, 0.05) is 27.8 Å². The van der Waals surface area contributed by atoms with E-state index in [-0.39, 0.29) is 11.1 Å². The standard InChI is InChI=1S/C25H19N3O3S/c29-24(27-31)18-8-9-22-20(13-18)25(30)28(15-26-22)11-10-16-4-3-5-17(12-16)21-14-32-23-7-2-1-6-19(21)23/h1-9,12-15,31H,10-11H2,(H,27,29). The summed E-state index contributed by atoms with van der Waals surface area (Å²) < 4.78 is 2.81. The van der Waals surface area contributed by atoms with E-state index in [1.54, 1.807) is 27.5 Å². The van der Waals surface area contributed by atoms with Crippen molar-refractivity contribution in [3.05, 3.63) is 99.9 Å². The zero-order valence-corrected chi connectivity index (χ0v) is 17.8. The summed E-state index contributed by atoms with van der Waals surface area (Å²) in [6.45, 7) is 0.464. The highest BCUT2D eigenvalue weighted by molar-refractivity contribution is 7.17. The van der Waals surface area contributed by atoms with Gasteiger partial charge in [0.1, 0.15) is 0 Å². The minimum Gasteiger partial charge on any atom is -0.298 e. The first-order valence-corrected chi connectivity index (χ1v) is 11.0. The minimum atomic E-state index is -0.667. The molecule has 2 aromatic heterocycles. The molecule has 0 aliphatic heterocycles. The van der Waals surface area contributed by atoms with Gasteiger partial charge in [-0.25, -0.2) is 10.5 Å². The molecular formula is C25H19N3O3S. The average molecular weight is 442 g/mol. The molecule has 3 aromatic carbocycles. The molecule has 0 saturated heterocycles. The molecular weight excluding hydrogens is 422 g/mol. The largest absolute Gasteiger partial charge is 0.298 e. The first kappa shape index (κ1) is 20.1. The van der Waals surface area contributed by atoms with Gasteiger partial charge >= 0.3 is 0 Å². The maximum Gasteiger partial charge on any atom is 0.274 e. The molecule has 1 amide bonds. The molecule has 0 spiro atoms. The molecule has 2 heterocycles. The smallest absolute Gasteiger partial charge is 0.274 e. The second-order valence-electron chi connectivity index (χ2n) is 7.51. The number of hydroxylamine groups is 1. The van der Waals surface area contributed by atoms with Gasteiger partial charge in [0.2, 0.25) is 0 Å². The Bertz CT molecular complexity index is 1520. The SMILES string of the molecule is O=C(NO)c1ccc2ncn(CCc3cccc(-c4csc5ccccc45)c3)c(=O)c2c1. The fourth-order valence-electron chi connectivity index (χ4n) is 3.87. The predicted octanol–water partition coefficient (Wildman–Crippen LogP) is 4.64. The van der Waals surface area contributed by atoms with Gasteiger partial charge in [-0.05, 0) is 47.2 Å². The van der Waals surface area contributed by atoms with Gasteiger partial charge < -0.3 is 0 Å². The van der Waals surface area contributed by atoms with E-state index in [2.05, 4.69) is 46.8 Å². The number of benzene rings is 3. The molecule has 0 bridgehead atoms. The van der Waals surface area contributed by atoms with Crippen LogP contribution in [0.4, 0.5) is 0 Å². The van der Waals surface area contributed by atoms with Crippen molar-refractivity contribution in [2.24, 2.45) is 0 Å². The number of carbonyl (C=O) groups excluding carboxylic acids is 1. The van der Waals surface area contributed by atoms with Gasteiger partial charge in [0.15, 0.2) is 0 Å². The maximum absolute atomic E-state index is 12.9. The van der Waals surface area contributed by atoms with Crippen LogP contribution >= 0.6 is 11.3 Å². The second kappa shape index (κ2) is 8.37. The molecule has 2 N–H and O–H groups in total. The second-order valence-corrected chi connectivity index (χ2v) is 8.42. The normalized spacial score (nSPS) is 11.2. The summed E-state index contributed by atoms with van der Waals surface area (Å²) in [7, 11) is 0. The number of hydrogen-bond donors (Lipinski definition) is 2. The van der Waals surface area contributed by atoms with Crippen LogP contribution in [-0.4, -0.2) is 20.7 Å². The Kier molecular flexibility index (Phi) is 5.26. The molecule has 6 nitrogen and oxygen atoms in total. The van der Waals surface area contributed by atoms with Crippen molar-refractivity contribution in [1.82, 2.24) is 15.0 Å². The lowest BCUT2D eigenvalue weighted by Gasteiger charge is -2.09. The molecule has 0 aliphatic rings. The molecule has 0 saturated carbocycles. The van der Waals surface area contributed by atoms with Crippen LogP contribution in [-0.2, 0) is 13.0 Å². The summed E-state index contributed by atoms with van der Waals surface area (Å²) in [6, 6.07) is 21.3. The van der Waals surface area contributed by atoms with Crippen LogP contribution in [0.1, 0.15) is 15.9 Å². The Labute approximate surface area is 187 Å². The number of thiophene rings is 1. The summed E-state index contributed by atoms with van der Waals surface area (Å²) in [5.41, 5.74) is 5.57. The Hall–Kier alpha value is -3.81. The lowest BCUT2D eigenvalue weighted by atomic mass is 10.0. The quantitative estimate of drug-likeness (QED) is 0.307. The molecule has 0 fully saturated rings. The first-order chi connectivity index (χ1) is 15.6. The van der Waals surface area contributed by atoms with Crippen molar-refractivity contribution in [3.8, 4) is 11.1 Å². The van der Waals surface area contributed by atoms with E-state index >= 15 is 0 Å². The van der Waals surface area contributed by atoms with E-state index < -0.39 is 5.91 Å². The van der Waals surface area contributed by atoms with Crippen LogP contribution in [0.15, 0.2) is 83.2 Å². The van der Waals surface area contributed by atoms with Crippen LogP contribution in [0, 0.1) is 0 Å². The Morgan fingerprint density at radius 3 is 2.78 bits per heavy atom. The number of aromatic nitrogens is 2. The van der Waals surface area contributed by atoms with E-state index in [0.29, 0.717) is 23.9 Å². The van der Waals surface area contributed by atoms with Gasteiger partial charge in [-0.1, -0.05) is 42.5 Å². The van der Waals surface area contributed by atoms with Gasteiger partial charge in [-0.3, -0.25) is 19.4 Å². The zero-order chi connectivity index (χ0) is 22.1. The molecule has 0 aliphatic carbocycles. The van der Waals surface area contributed by atoms with E-state index in [9.17, 15) is 9.59 Å². The first-order valence-electron chi connectivity index (χ1n) is 10.1. The van der Waals surface area contributed by atoms with Crippen molar-refractivity contribution in [3.63, 3.8) is 0 Å². The van der Waals surface area contributed by atoms with Crippen molar-refractivity contribution >= 4 is 38.2 Å². The third kappa shape index (κ3) is 3.68. The van der Waals surface area contributed by atoms with Gasteiger partial charge in [-0.2, -0.15) is 0 Å². The van der Waals surface area contributed by atoms with Crippen molar-refractivity contribution in [2.75, 3.05) is 0 Å². The third-order valence-electron chi connectivity index (χ3n) is 5.55. The molecule has 7 heteroatoms. The van der Waals surface area contributed by atoms with Gasteiger partial charge in [0.05, 0.1) is 17.2 Å². The summed E-state index contributed by atoms with van der Waals surface area (Å²) in [5, 5.41) is 12.6. The zero-order valence-electron chi connectivity index (χ0n) is 17.0. The average Bonchev–Trinajstić information content (AvgIpc) is 3.27. The molecule has 0 unspecified atom stereocenters. The maximum atomic E-state index is 12.9. The minimum absolute atomic E-state index is 0.201. The molecule has 0 radical (unpaired) electrons. The highest BCUT2D eigenvalue weighted by atomic mass is 32.1. The van der Waals surface area contributed by atoms with E-state index in [1.165, 1.54) is 34.1 Å². The topological polar surface area (TPSA) is 84.2 Å². The molecule has 158 valence electrons. The van der Waals surface area contributed by atoms with Crippen LogP contribution in [0.25, 0.3) is 32.1 Å². The number of hydrogen-bond acceptors (Lipinski definition) is 5. The van der Waals surface area contributed by atoms with E-state index in [1.807, 2.05) is 12.1 Å². The fourth-order valence-corrected chi connectivity index (χ4v) is 4.84. The molecule has 0 atom stereocenters. The summed E-state index contributed by atoms with van der Waals surface area (Å²) in [4.78, 5) is 29.0. The molecule has 5 rings (SSSR count). The Balaban J connectivity index is 1.42. The van der Waals surface area contributed by atoms with Crippen LogP contribution < -0.4 is 11.0 Å². The van der Waals surface area contributed by atoms with Crippen molar-refractivity contribution in [1.29, 1.82) is 0 Å². The lowest BCUT2D eigenvalue weighted by Crippen LogP contribution is -2.23. The van der Waals surface area contributed by atoms with Gasteiger partial charge in [-0.15, -0.1) is 11.3 Å². The predicted molar refractivity (Wildman–Crippen MR) is 126 cm³/mol. The number of carbonyl (C=O) groups is 1. The number of nitrogens with zero attached hydrogens (tertiary/aromatic N) is 2. The Morgan fingerprint density at radius 2 is 1.91 bits per heavy atom. The van der Waals surface area contributed by atoms with Crippen LogP contribution in [0.2, 0.25) is 0 Å². The number of fused-ring (bicyclic) bond motifs is 2. The van der Waals surface area contributed by atoms with Crippen LogP contribution in [0.5, 0.6) is 0 Å². The fraction of sp³-hybridized carbons (Fsp3) is 0.0800. The number of amides is 1. The number of nitrogens with one attached hydrogen (secondary N) is 1. The summed E-state index contributed by atoms with van der Waals surface area (Å²) >= 11 is 1.73. The van der Waals surface area contributed by atoms with E-state index in [0.717, 1.165) is 11.1 Å². The van der Waals surface area contributed by atoms with Gasteiger partial charge in [0.25, 0.3) is 11.5 Å². The lowest BCUT2D eigenvalue weighted by molar-refractivity contribution is 0.0706. The van der Waals surface area contributed by atoms with E-state index in [4.69, 9.17) is 5.21 Å².